The molecule has 0 heterocycles. The third-order valence-electron chi connectivity index (χ3n) is 5.40. The molecule has 0 saturated heterocycles. The van der Waals surface area contributed by atoms with Crippen molar-refractivity contribution in [2.24, 2.45) is 0 Å². The van der Waals surface area contributed by atoms with Gasteiger partial charge in [0.2, 0.25) is 5.91 Å². The van der Waals surface area contributed by atoms with E-state index in [-0.39, 0.29) is 17.4 Å². The van der Waals surface area contributed by atoms with Crippen LogP contribution in [0.15, 0.2) is 108 Å². The maximum atomic E-state index is 13.2. The molecule has 0 saturated carbocycles. The summed E-state index contributed by atoms with van der Waals surface area (Å²) < 4.78 is 1.09. The van der Waals surface area contributed by atoms with Gasteiger partial charge in [-0.3, -0.25) is 14.4 Å². The summed E-state index contributed by atoms with van der Waals surface area (Å²) >= 11 is 15.9. The smallest absolute Gasteiger partial charge is 0.272 e. The van der Waals surface area contributed by atoms with Gasteiger partial charge in [-0.15, -0.1) is 11.8 Å². The second kappa shape index (κ2) is 14.4. The average molecular weight is 702 g/mol. The van der Waals surface area contributed by atoms with Gasteiger partial charge >= 0.3 is 0 Å². The van der Waals surface area contributed by atoms with Crippen LogP contribution in [-0.4, -0.2) is 23.5 Å². The highest BCUT2D eigenvalue weighted by Crippen LogP contribution is 2.24. The second-order valence-corrected chi connectivity index (χ2v) is 11.5. The molecule has 0 aliphatic heterocycles. The molecule has 4 aromatic carbocycles. The SMILES string of the molecule is O=C(CSc1ccc(NC(=O)/C(=C/c2ccc(Cl)cc2Cl)NC(=O)c2ccccc2)cc1)Nc1ccc(I)cc1. The summed E-state index contributed by atoms with van der Waals surface area (Å²) in [7, 11) is 0. The second-order valence-electron chi connectivity index (χ2n) is 8.37. The molecule has 0 radical (unpaired) electrons. The molecule has 4 rings (SSSR count). The van der Waals surface area contributed by atoms with Gasteiger partial charge in [0.15, 0.2) is 0 Å². The van der Waals surface area contributed by atoms with Crippen LogP contribution < -0.4 is 16.0 Å². The average Bonchev–Trinajstić information content (AvgIpc) is 2.95. The number of hydrogen-bond donors (Lipinski definition) is 3. The van der Waals surface area contributed by atoms with Crippen LogP contribution >= 0.6 is 57.6 Å². The topological polar surface area (TPSA) is 87.3 Å². The number of thioether (sulfide) groups is 1. The van der Waals surface area contributed by atoms with Crippen LogP contribution in [0.3, 0.4) is 0 Å². The van der Waals surface area contributed by atoms with Gasteiger partial charge in [0, 0.05) is 35.4 Å². The maximum Gasteiger partial charge on any atom is 0.272 e. The summed E-state index contributed by atoms with van der Waals surface area (Å²) in [6, 6.07) is 28.1. The van der Waals surface area contributed by atoms with Crippen LogP contribution in [0.1, 0.15) is 15.9 Å². The standard InChI is InChI=1S/C30H22Cl2IN3O3S/c31-21-7-6-20(26(32)17-21)16-27(36-29(38)19-4-2-1-3-5-19)30(39)35-24-12-14-25(15-13-24)40-18-28(37)34-23-10-8-22(33)9-11-23/h1-17H,18H2,(H,34,37)(H,35,39)(H,36,38)/b27-16-. The van der Waals surface area contributed by atoms with Gasteiger partial charge in [-0.1, -0.05) is 47.5 Å². The Balaban J connectivity index is 1.42. The third kappa shape index (κ3) is 8.85. The fourth-order valence-electron chi connectivity index (χ4n) is 3.43. The van der Waals surface area contributed by atoms with Gasteiger partial charge in [0.1, 0.15) is 5.70 Å². The molecule has 40 heavy (non-hydrogen) atoms. The number of carbonyl (C=O) groups excluding carboxylic acids is 3. The van der Waals surface area contributed by atoms with E-state index < -0.39 is 11.8 Å². The molecule has 6 nitrogen and oxygen atoms in total. The van der Waals surface area contributed by atoms with Crippen LogP contribution in [0.25, 0.3) is 6.08 Å². The van der Waals surface area contributed by atoms with E-state index in [9.17, 15) is 14.4 Å². The first-order valence-corrected chi connectivity index (χ1v) is 14.7. The van der Waals surface area contributed by atoms with Crippen molar-refractivity contribution >= 4 is 92.7 Å². The van der Waals surface area contributed by atoms with Crippen molar-refractivity contribution in [1.29, 1.82) is 0 Å². The number of halogens is 3. The Labute approximate surface area is 259 Å². The number of anilines is 2. The van der Waals surface area contributed by atoms with Crippen molar-refractivity contribution in [1.82, 2.24) is 5.32 Å². The van der Waals surface area contributed by atoms with Gasteiger partial charge in [-0.05, 0) is 107 Å². The summed E-state index contributed by atoms with van der Waals surface area (Å²) in [4.78, 5) is 39.2. The van der Waals surface area contributed by atoms with Gasteiger partial charge < -0.3 is 16.0 Å². The van der Waals surface area contributed by atoms with E-state index in [4.69, 9.17) is 23.2 Å². The minimum absolute atomic E-state index is 0.00352. The Morgan fingerprint density at radius 3 is 2.12 bits per heavy atom. The minimum atomic E-state index is -0.535. The lowest BCUT2D eigenvalue weighted by Gasteiger charge is -2.12. The maximum absolute atomic E-state index is 13.2. The molecule has 0 atom stereocenters. The van der Waals surface area contributed by atoms with Crippen LogP contribution in [0.4, 0.5) is 11.4 Å². The van der Waals surface area contributed by atoms with Gasteiger partial charge in [-0.2, -0.15) is 0 Å². The normalized spacial score (nSPS) is 11.0. The van der Waals surface area contributed by atoms with E-state index in [1.807, 2.05) is 24.3 Å². The van der Waals surface area contributed by atoms with Crippen LogP contribution in [0.5, 0.6) is 0 Å². The molecule has 4 aromatic rings. The van der Waals surface area contributed by atoms with E-state index in [2.05, 4.69) is 38.5 Å². The number of rotatable bonds is 9. The first-order chi connectivity index (χ1) is 19.3. The number of nitrogens with one attached hydrogen (secondary N) is 3. The predicted octanol–water partition coefficient (Wildman–Crippen LogP) is 7.74. The molecule has 0 spiro atoms. The number of amides is 3. The summed E-state index contributed by atoms with van der Waals surface area (Å²) in [5.74, 6) is -0.860. The number of carbonyl (C=O) groups is 3. The molecule has 3 amide bonds. The van der Waals surface area contributed by atoms with Crippen molar-refractivity contribution in [3.63, 3.8) is 0 Å². The first-order valence-electron chi connectivity index (χ1n) is 11.9. The van der Waals surface area contributed by atoms with Crippen LogP contribution in [0.2, 0.25) is 10.0 Å². The van der Waals surface area contributed by atoms with Crippen LogP contribution in [-0.2, 0) is 9.59 Å². The molecule has 3 N–H and O–H groups in total. The lowest BCUT2D eigenvalue weighted by molar-refractivity contribution is -0.114. The summed E-state index contributed by atoms with van der Waals surface area (Å²) in [5.41, 5.74) is 2.17. The molecule has 10 heteroatoms. The Morgan fingerprint density at radius 1 is 0.800 bits per heavy atom. The van der Waals surface area contributed by atoms with Crippen molar-refractivity contribution in [3.8, 4) is 0 Å². The van der Waals surface area contributed by atoms with E-state index in [1.54, 1.807) is 72.8 Å². The highest BCUT2D eigenvalue weighted by Gasteiger charge is 2.16. The highest BCUT2D eigenvalue weighted by molar-refractivity contribution is 14.1. The van der Waals surface area contributed by atoms with Crippen LogP contribution in [0, 0.1) is 3.57 Å². The van der Waals surface area contributed by atoms with Crippen molar-refractivity contribution < 1.29 is 14.4 Å². The summed E-state index contributed by atoms with van der Waals surface area (Å²) in [5, 5.41) is 9.13. The zero-order chi connectivity index (χ0) is 28.5. The number of hydrogen-bond acceptors (Lipinski definition) is 4. The highest BCUT2D eigenvalue weighted by atomic mass is 127. The van der Waals surface area contributed by atoms with E-state index >= 15 is 0 Å². The van der Waals surface area contributed by atoms with Gasteiger partial charge in [-0.25, -0.2) is 0 Å². The molecule has 0 aromatic heterocycles. The number of benzene rings is 4. The Hall–Kier alpha value is -3.31. The Bertz CT molecular complexity index is 1550. The fourth-order valence-corrected chi connectivity index (χ4v) is 4.95. The molecule has 202 valence electrons. The Morgan fingerprint density at radius 2 is 1.45 bits per heavy atom. The van der Waals surface area contributed by atoms with Crippen molar-refractivity contribution in [3.05, 3.63) is 128 Å². The lowest BCUT2D eigenvalue weighted by atomic mass is 10.1. The Kier molecular flexibility index (Phi) is 10.7. The zero-order valence-corrected chi connectivity index (χ0v) is 25.3. The molecule has 0 unspecified atom stereocenters. The molecule has 0 fully saturated rings. The van der Waals surface area contributed by atoms with Crippen molar-refractivity contribution in [2.75, 3.05) is 16.4 Å². The first kappa shape index (κ1) is 29.7. The molecular formula is C30H22Cl2IN3O3S. The largest absolute Gasteiger partial charge is 0.325 e. The fraction of sp³-hybridized carbons (Fsp3) is 0.0333. The van der Waals surface area contributed by atoms with E-state index in [0.29, 0.717) is 26.9 Å². The molecule has 0 aliphatic rings. The monoisotopic (exact) mass is 701 g/mol. The minimum Gasteiger partial charge on any atom is -0.325 e. The molecule has 0 aliphatic carbocycles. The van der Waals surface area contributed by atoms with Crippen molar-refractivity contribution in [2.45, 2.75) is 4.90 Å². The predicted molar refractivity (Wildman–Crippen MR) is 172 cm³/mol. The lowest BCUT2D eigenvalue weighted by Crippen LogP contribution is -2.30. The quantitative estimate of drug-likeness (QED) is 0.0947. The summed E-state index contributed by atoms with van der Waals surface area (Å²) in [6.45, 7) is 0. The third-order valence-corrected chi connectivity index (χ3v) is 7.69. The molecule has 0 bridgehead atoms. The summed E-state index contributed by atoms with van der Waals surface area (Å²) in [6.07, 6.45) is 1.49. The van der Waals surface area contributed by atoms with E-state index in [1.165, 1.54) is 17.8 Å². The van der Waals surface area contributed by atoms with Gasteiger partial charge in [0.25, 0.3) is 11.8 Å². The van der Waals surface area contributed by atoms with E-state index in [0.717, 1.165) is 14.2 Å². The molecular weight excluding hydrogens is 680 g/mol. The van der Waals surface area contributed by atoms with Gasteiger partial charge in [0.05, 0.1) is 5.75 Å². The zero-order valence-electron chi connectivity index (χ0n) is 20.8.